The van der Waals surface area contributed by atoms with E-state index in [9.17, 15) is 18.3 Å². The van der Waals surface area contributed by atoms with Gasteiger partial charge in [-0.15, -0.1) is 0 Å². The normalized spacial score (nSPS) is 21.4. The number of alkyl halides is 3. The van der Waals surface area contributed by atoms with Crippen LogP contribution in [0.5, 0.6) is 0 Å². The Bertz CT molecular complexity index is 816. The van der Waals surface area contributed by atoms with Crippen molar-refractivity contribution in [2.75, 3.05) is 4.90 Å². The molecule has 1 spiro atoms. The predicted octanol–water partition coefficient (Wildman–Crippen LogP) is 3.30. The van der Waals surface area contributed by atoms with E-state index < -0.39 is 24.5 Å². The zero-order chi connectivity index (χ0) is 17.3. The van der Waals surface area contributed by atoms with Crippen LogP contribution in [-0.2, 0) is 12.1 Å². The number of aryl methyl sites for hydroxylation is 1. The molecule has 128 valence electrons. The third-order valence-electron chi connectivity index (χ3n) is 4.60. The number of aliphatic hydroxyl groups excluding tert-OH is 1. The van der Waals surface area contributed by atoms with Crippen LogP contribution in [0.2, 0.25) is 5.15 Å². The van der Waals surface area contributed by atoms with Crippen molar-refractivity contribution in [3.8, 4) is 0 Å². The fourth-order valence-electron chi connectivity index (χ4n) is 3.53. The number of rotatable bonds is 2. The molecule has 2 aliphatic rings. The molecule has 2 aromatic rings. The van der Waals surface area contributed by atoms with Gasteiger partial charge in [-0.3, -0.25) is 4.68 Å². The maximum Gasteiger partial charge on any atom is 0.408 e. The summed E-state index contributed by atoms with van der Waals surface area (Å²) < 4.78 is 38.4. The van der Waals surface area contributed by atoms with Crippen LogP contribution in [0.3, 0.4) is 0 Å². The van der Waals surface area contributed by atoms with Gasteiger partial charge in [0.15, 0.2) is 6.23 Å². The summed E-state index contributed by atoms with van der Waals surface area (Å²) in [4.78, 5) is 6.08. The van der Waals surface area contributed by atoms with Gasteiger partial charge in [0.05, 0.1) is 23.1 Å². The van der Waals surface area contributed by atoms with Crippen molar-refractivity contribution in [2.24, 2.45) is 0 Å². The molecule has 2 aromatic heterocycles. The monoisotopic (exact) mass is 358 g/mol. The molecule has 0 aromatic carbocycles. The van der Waals surface area contributed by atoms with Crippen LogP contribution in [0.25, 0.3) is 0 Å². The smallest absolute Gasteiger partial charge is 0.369 e. The van der Waals surface area contributed by atoms with E-state index in [0.29, 0.717) is 22.1 Å². The van der Waals surface area contributed by atoms with Crippen molar-refractivity contribution >= 4 is 17.3 Å². The molecule has 1 N–H and O–H groups in total. The van der Waals surface area contributed by atoms with Gasteiger partial charge in [0.1, 0.15) is 11.7 Å². The molecule has 0 saturated heterocycles. The summed E-state index contributed by atoms with van der Waals surface area (Å²) >= 11 is 6.05. The third kappa shape index (κ3) is 2.28. The first-order valence-electron chi connectivity index (χ1n) is 7.45. The van der Waals surface area contributed by atoms with Gasteiger partial charge in [0, 0.05) is 11.8 Å². The number of pyridine rings is 1. The van der Waals surface area contributed by atoms with Crippen LogP contribution in [0.1, 0.15) is 35.9 Å². The summed E-state index contributed by atoms with van der Waals surface area (Å²) in [5.41, 5.74) is 2.15. The third-order valence-corrected chi connectivity index (χ3v) is 4.80. The van der Waals surface area contributed by atoms with Gasteiger partial charge in [-0.2, -0.15) is 18.3 Å². The highest BCUT2D eigenvalue weighted by Crippen LogP contribution is 2.61. The maximum absolute atomic E-state index is 12.5. The van der Waals surface area contributed by atoms with E-state index in [2.05, 4.69) is 10.1 Å². The molecule has 0 radical (unpaired) electrons. The molecule has 5 nitrogen and oxygen atoms in total. The molecule has 0 amide bonds. The molecule has 0 bridgehead atoms. The standard InChI is InChI=1S/C15H14ClF3N4O/c1-8-4-10(16)21-12-11(8)13(24)23(14(12)2-3-14)9-5-20-22(6-9)7-15(17,18)19/h4-6,13,24H,2-3,7H2,1H3. The molecule has 24 heavy (non-hydrogen) atoms. The van der Waals surface area contributed by atoms with Crippen LogP contribution >= 0.6 is 11.6 Å². The summed E-state index contributed by atoms with van der Waals surface area (Å²) in [5, 5.41) is 14.9. The lowest BCUT2D eigenvalue weighted by Gasteiger charge is -2.28. The van der Waals surface area contributed by atoms with Gasteiger partial charge in [-0.1, -0.05) is 11.6 Å². The number of anilines is 1. The average molecular weight is 359 g/mol. The number of hydrogen-bond donors (Lipinski definition) is 1. The molecular formula is C15H14ClF3N4O. The van der Waals surface area contributed by atoms with Gasteiger partial charge in [0.2, 0.25) is 0 Å². The topological polar surface area (TPSA) is 54.2 Å². The summed E-state index contributed by atoms with van der Waals surface area (Å²) in [6.07, 6.45) is -1.16. The molecular weight excluding hydrogens is 345 g/mol. The number of fused-ring (bicyclic) bond motifs is 2. The molecule has 1 unspecified atom stereocenters. The number of nitrogens with zero attached hydrogens (tertiary/aromatic N) is 4. The Morgan fingerprint density at radius 3 is 2.75 bits per heavy atom. The number of aromatic nitrogens is 3. The second kappa shape index (κ2) is 4.86. The van der Waals surface area contributed by atoms with Crippen LogP contribution in [0.15, 0.2) is 18.5 Å². The number of aliphatic hydroxyl groups is 1. The first kappa shape index (κ1) is 15.7. The Hall–Kier alpha value is -1.80. The fourth-order valence-corrected chi connectivity index (χ4v) is 3.78. The Balaban J connectivity index is 1.74. The van der Waals surface area contributed by atoms with E-state index in [1.807, 2.05) is 6.92 Å². The van der Waals surface area contributed by atoms with Crippen molar-refractivity contribution in [3.63, 3.8) is 0 Å². The minimum absolute atomic E-state index is 0.347. The highest BCUT2D eigenvalue weighted by Gasteiger charge is 2.60. The lowest BCUT2D eigenvalue weighted by molar-refractivity contribution is -0.142. The maximum atomic E-state index is 12.5. The van der Waals surface area contributed by atoms with Gasteiger partial charge in [-0.05, 0) is 31.4 Å². The minimum Gasteiger partial charge on any atom is -0.369 e. The highest BCUT2D eigenvalue weighted by atomic mass is 35.5. The van der Waals surface area contributed by atoms with Gasteiger partial charge in [0.25, 0.3) is 0 Å². The molecule has 1 atom stereocenters. The SMILES string of the molecule is Cc1cc(Cl)nc2c1C(O)N(c1cnn(CC(F)(F)F)c1)C21CC1. The Morgan fingerprint density at radius 1 is 1.42 bits per heavy atom. The van der Waals surface area contributed by atoms with Crippen molar-refractivity contribution < 1.29 is 18.3 Å². The Kier molecular flexibility index (Phi) is 3.18. The molecule has 1 aliphatic heterocycles. The van der Waals surface area contributed by atoms with E-state index in [0.717, 1.165) is 23.1 Å². The zero-order valence-corrected chi connectivity index (χ0v) is 13.4. The molecule has 3 heterocycles. The van der Waals surface area contributed by atoms with Crippen LogP contribution in [-0.4, -0.2) is 26.0 Å². The van der Waals surface area contributed by atoms with Crippen molar-refractivity contribution in [3.05, 3.63) is 40.4 Å². The fraction of sp³-hybridized carbons (Fsp3) is 0.467. The highest BCUT2D eigenvalue weighted by molar-refractivity contribution is 6.29. The van der Waals surface area contributed by atoms with E-state index in [1.54, 1.807) is 11.0 Å². The van der Waals surface area contributed by atoms with Crippen molar-refractivity contribution in [2.45, 2.75) is 44.3 Å². The number of hydrogen-bond acceptors (Lipinski definition) is 4. The second-order valence-electron chi connectivity index (χ2n) is 6.31. The summed E-state index contributed by atoms with van der Waals surface area (Å²) in [6, 6.07) is 1.68. The van der Waals surface area contributed by atoms with Gasteiger partial charge < -0.3 is 10.0 Å². The molecule has 1 saturated carbocycles. The van der Waals surface area contributed by atoms with Crippen LogP contribution in [0.4, 0.5) is 18.9 Å². The van der Waals surface area contributed by atoms with E-state index in [1.165, 1.54) is 12.4 Å². The van der Waals surface area contributed by atoms with Gasteiger partial charge in [-0.25, -0.2) is 4.98 Å². The van der Waals surface area contributed by atoms with Gasteiger partial charge >= 0.3 is 6.18 Å². The second-order valence-corrected chi connectivity index (χ2v) is 6.70. The average Bonchev–Trinajstić information content (AvgIpc) is 3.04. The van der Waals surface area contributed by atoms with Crippen molar-refractivity contribution in [1.29, 1.82) is 0 Å². The molecule has 1 aliphatic carbocycles. The predicted molar refractivity (Wildman–Crippen MR) is 80.6 cm³/mol. The lowest BCUT2D eigenvalue weighted by atomic mass is 10.1. The van der Waals surface area contributed by atoms with Crippen LogP contribution in [0, 0.1) is 6.92 Å². The van der Waals surface area contributed by atoms with E-state index in [-0.39, 0.29) is 0 Å². The quantitative estimate of drug-likeness (QED) is 0.837. The molecule has 4 rings (SSSR count). The first-order valence-corrected chi connectivity index (χ1v) is 7.83. The Labute approximate surface area is 140 Å². The number of halogens is 4. The lowest BCUT2D eigenvalue weighted by Crippen LogP contribution is -2.31. The van der Waals surface area contributed by atoms with Crippen LogP contribution < -0.4 is 4.90 Å². The Morgan fingerprint density at radius 2 is 2.12 bits per heavy atom. The summed E-state index contributed by atoms with van der Waals surface area (Å²) in [7, 11) is 0. The summed E-state index contributed by atoms with van der Waals surface area (Å²) in [6.45, 7) is 0.669. The van der Waals surface area contributed by atoms with E-state index in [4.69, 9.17) is 11.6 Å². The molecule has 9 heteroatoms. The van der Waals surface area contributed by atoms with Crippen molar-refractivity contribution in [1.82, 2.24) is 14.8 Å². The zero-order valence-electron chi connectivity index (χ0n) is 12.7. The minimum atomic E-state index is -4.35. The first-order chi connectivity index (χ1) is 11.2. The van der Waals surface area contributed by atoms with E-state index >= 15 is 0 Å². The summed E-state index contributed by atoms with van der Waals surface area (Å²) in [5.74, 6) is 0. The largest absolute Gasteiger partial charge is 0.408 e. The molecule has 1 fully saturated rings.